The third-order valence-electron chi connectivity index (χ3n) is 3.49. The number of nitrogens with zero attached hydrogens (tertiary/aromatic N) is 1. The van der Waals surface area contributed by atoms with Crippen LogP contribution in [0.4, 0.5) is 0 Å². The minimum atomic E-state index is -3.23. The third kappa shape index (κ3) is 6.40. The largest absolute Gasteiger partial charge is 0.370 e. The van der Waals surface area contributed by atoms with Crippen LogP contribution in [0.25, 0.3) is 0 Å². The first-order valence-electron chi connectivity index (χ1n) is 6.99. The maximum Gasteiger partial charge on any atom is 0.240 e. The second-order valence-electron chi connectivity index (χ2n) is 5.41. The van der Waals surface area contributed by atoms with E-state index in [9.17, 15) is 18.0 Å². The number of nitrogens with two attached hydrogens (primary N) is 2. The molecule has 1 aliphatic rings. The highest BCUT2D eigenvalue weighted by molar-refractivity contribution is 7.88. The lowest BCUT2D eigenvalue weighted by atomic mass is 9.98. The molecule has 2 amide bonds. The molecule has 122 valence electrons. The molecule has 1 saturated heterocycles. The molecule has 0 aromatic heterocycles. The number of hydrogen-bond donors (Lipinski definition) is 3. The number of amides is 2. The molecule has 1 heterocycles. The summed E-state index contributed by atoms with van der Waals surface area (Å²) in [6, 6.07) is -0.981. The van der Waals surface area contributed by atoms with E-state index in [1.54, 1.807) is 4.90 Å². The Bertz CT molecular complexity index is 480. The number of nitrogens with one attached hydrogen (secondary N) is 1. The van der Waals surface area contributed by atoms with Gasteiger partial charge in [0.15, 0.2) is 0 Å². The standard InChI is InChI=1S/C12H24N4O4S/c1-21(19,20)15-6-5-9-4-2-3-7-16(9)12(18)10(13)8-11(14)17/h9-10,15H,2-8,13H2,1H3,(H2,14,17). The number of hydrogen-bond acceptors (Lipinski definition) is 5. The fraction of sp³-hybridized carbons (Fsp3) is 0.833. The molecule has 21 heavy (non-hydrogen) atoms. The molecule has 5 N–H and O–H groups in total. The molecule has 0 saturated carbocycles. The Balaban J connectivity index is 2.59. The average molecular weight is 320 g/mol. The van der Waals surface area contributed by atoms with E-state index in [4.69, 9.17) is 11.5 Å². The van der Waals surface area contributed by atoms with Crippen molar-refractivity contribution in [2.24, 2.45) is 11.5 Å². The van der Waals surface area contributed by atoms with E-state index in [-0.39, 0.29) is 24.9 Å². The van der Waals surface area contributed by atoms with Crippen LogP contribution in [0.1, 0.15) is 32.1 Å². The molecule has 9 heteroatoms. The number of primary amides is 1. The molecule has 0 aliphatic carbocycles. The van der Waals surface area contributed by atoms with Crippen LogP contribution in [0.2, 0.25) is 0 Å². The molecule has 2 atom stereocenters. The van der Waals surface area contributed by atoms with E-state index in [1.165, 1.54) is 0 Å². The van der Waals surface area contributed by atoms with Gasteiger partial charge in [0.2, 0.25) is 21.8 Å². The van der Waals surface area contributed by atoms with Crippen LogP contribution in [0, 0.1) is 0 Å². The summed E-state index contributed by atoms with van der Waals surface area (Å²) < 4.78 is 24.5. The molecule has 0 aromatic carbocycles. The van der Waals surface area contributed by atoms with E-state index in [0.29, 0.717) is 13.0 Å². The summed E-state index contributed by atoms with van der Waals surface area (Å²) >= 11 is 0. The van der Waals surface area contributed by atoms with Crippen molar-refractivity contribution in [2.75, 3.05) is 19.3 Å². The summed E-state index contributed by atoms with van der Waals surface area (Å²) in [7, 11) is -3.23. The number of carbonyl (C=O) groups is 2. The zero-order valence-corrected chi connectivity index (χ0v) is 13.1. The van der Waals surface area contributed by atoms with E-state index >= 15 is 0 Å². The maximum absolute atomic E-state index is 12.3. The molecule has 1 aliphatic heterocycles. The normalized spacial score (nSPS) is 21.0. The summed E-state index contributed by atoms with van der Waals surface area (Å²) in [5.74, 6) is -0.902. The van der Waals surface area contributed by atoms with Crippen molar-refractivity contribution in [1.29, 1.82) is 0 Å². The van der Waals surface area contributed by atoms with Crippen LogP contribution in [0.3, 0.4) is 0 Å². The number of carbonyl (C=O) groups excluding carboxylic acids is 2. The summed E-state index contributed by atoms with van der Waals surface area (Å²) in [5, 5.41) is 0. The highest BCUT2D eigenvalue weighted by Crippen LogP contribution is 2.20. The topological polar surface area (TPSA) is 136 Å². The molecule has 1 fully saturated rings. The van der Waals surface area contributed by atoms with Gasteiger partial charge in [0, 0.05) is 19.1 Å². The van der Waals surface area contributed by atoms with Gasteiger partial charge in [-0.15, -0.1) is 0 Å². The van der Waals surface area contributed by atoms with Crippen LogP contribution in [-0.2, 0) is 19.6 Å². The van der Waals surface area contributed by atoms with Crippen molar-refractivity contribution in [3.05, 3.63) is 0 Å². The summed E-state index contributed by atoms with van der Waals surface area (Å²) in [6.07, 6.45) is 4.12. The summed E-state index contributed by atoms with van der Waals surface area (Å²) in [5.41, 5.74) is 10.8. The first-order chi connectivity index (χ1) is 9.70. The predicted molar refractivity (Wildman–Crippen MR) is 78.6 cm³/mol. The predicted octanol–water partition coefficient (Wildman–Crippen LogP) is -1.49. The van der Waals surface area contributed by atoms with Crippen LogP contribution >= 0.6 is 0 Å². The Morgan fingerprint density at radius 2 is 2.05 bits per heavy atom. The Morgan fingerprint density at radius 3 is 2.62 bits per heavy atom. The maximum atomic E-state index is 12.3. The average Bonchev–Trinajstić information content (AvgIpc) is 2.36. The lowest BCUT2D eigenvalue weighted by Crippen LogP contribution is -2.52. The van der Waals surface area contributed by atoms with Crippen molar-refractivity contribution < 1.29 is 18.0 Å². The van der Waals surface area contributed by atoms with E-state index in [1.807, 2.05) is 0 Å². The Morgan fingerprint density at radius 1 is 1.38 bits per heavy atom. The quantitative estimate of drug-likeness (QED) is 0.525. The molecular formula is C12H24N4O4S. The smallest absolute Gasteiger partial charge is 0.240 e. The van der Waals surface area contributed by atoms with Gasteiger partial charge < -0.3 is 16.4 Å². The first-order valence-corrected chi connectivity index (χ1v) is 8.89. The zero-order chi connectivity index (χ0) is 16.0. The van der Waals surface area contributed by atoms with Gasteiger partial charge in [-0.3, -0.25) is 9.59 Å². The van der Waals surface area contributed by atoms with E-state index in [2.05, 4.69) is 4.72 Å². The number of sulfonamides is 1. The Labute approximate surface area is 125 Å². The van der Waals surface area contributed by atoms with Crippen molar-refractivity contribution in [1.82, 2.24) is 9.62 Å². The van der Waals surface area contributed by atoms with Crippen molar-refractivity contribution in [2.45, 2.75) is 44.2 Å². The first kappa shape index (κ1) is 17.9. The van der Waals surface area contributed by atoms with Crippen molar-refractivity contribution in [3.63, 3.8) is 0 Å². The fourth-order valence-corrected chi connectivity index (χ4v) is 3.01. The second-order valence-corrected chi connectivity index (χ2v) is 7.25. The number of rotatable bonds is 7. The number of piperidine rings is 1. The molecule has 2 unspecified atom stereocenters. The molecule has 0 spiro atoms. The van der Waals surface area contributed by atoms with E-state index < -0.39 is 22.0 Å². The van der Waals surface area contributed by atoms with Crippen LogP contribution in [0.15, 0.2) is 0 Å². The van der Waals surface area contributed by atoms with Gasteiger partial charge >= 0.3 is 0 Å². The highest BCUT2D eigenvalue weighted by Gasteiger charge is 2.30. The van der Waals surface area contributed by atoms with Gasteiger partial charge in [-0.1, -0.05) is 0 Å². The van der Waals surface area contributed by atoms with Gasteiger partial charge in [0.25, 0.3) is 0 Å². The monoisotopic (exact) mass is 320 g/mol. The van der Waals surface area contributed by atoms with Gasteiger partial charge in [0.1, 0.15) is 0 Å². The lowest BCUT2D eigenvalue weighted by Gasteiger charge is -2.37. The molecular weight excluding hydrogens is 296 g/mol. The molecule has 0 aromatic rings. The van der Waals surface area contributed by atoms with E-state index in [0.717, 1.165) is 25.5 Å². The minimum Gasteiger partial charge on any atom is -0.370 e. The molecule has 1 rings (SSSR count). The van der Waals surface area contributed by atoms with Crippen LogP contribution in [0.5, 0.6) is 0 Å². The van der Waals surface area contributed by atoms with Gasteiger partial charge in [-0.05, 0) is 25.7 Å². The third-order valence-corrected chi connectivity index (χ3v) is 4.22. The molecule has 8 nitrogen and oxygen atoms in total. The summed E-state index contributed by atoms with van der Waals surface area (Å²) in [4.78, 5) is 24.8. The fourth-order valence-electron chi connectivity index (χ4n) is 2.52. The lowest BCUT2D eigenvalue weighted by molar-refractivity contribution is -0.138. The summed E-state index contributed by atoms with van der Waals surface area (Å²) in [6.45, 7) is 0.854. The van der Waals surface area contributed by atoms with Gasteiger partial charge in [-0.25, -0.2) is 13.1 Å². The van der Waals surface area contributed by atoms with Crippen molar-refractivity contribution >= 4 is 21.8 Å². The van der Waals surface area contributed by atoms with Gasteiger partial charge in [-0.2, -0.15) is 0 Å². The minimum absolute atomic E-state index is 0.0561. The Hall–Kier alpha value is -1.19. The SMILES string of the molecule is CS(=O)(=O)NCCC1CCCCN1C(=O)C(N)CC(N)=O. The van der Waals surface area contributed by atoms with Gasteiger partial charge in [0.05, 0.1) is 18.7 Å². The second kappa shape index (κ2) is 7.71. The van der Waals surface area contributed by atoms with Crippen LogP contribution < -0.4 is 16.2 Å². The zero-order valence-electron chi connectivity index (χ0n) is 12.2. The number of likely N-dealkylation sites (tertiary alicyclic amines) is 1. The molecule has 0 radical (unpaired) electrons. The molecule has 0 bridgehead atoms. The van der Waals surface area contributed by atoms with Crippen molar-refractivity contribution in [3.8, 4) is 0 Å². The van der Waals surface area contributed by atoms with Crippen LogP contribution in [-0.4, -0.2) is 56.6 Å². The Kier molecular flexibility index (Phi) is 6.56. The highest BCUT2D eigenvalue weighted by atomic mass is 32.2.